The normalized spacial score (nSPS) is 12.4. The van der Waals surface area contributed by atoms with Gasteiger partial charge in [0.2, 0.25) is 11.8 Å². The molecule has 0 saturated carbocycles. The summed E-state index contributed by atoms with van der Waals surface area (Å²) in [6, 6.07) is 15.7. The van der Waals surface area contributed by atoms with Crippen LogP contribution >= 0.6 is 0 Å². The van der Waals surface area contributed by atoms with E-state index < -0.39 is 47.4 Å². The molecule has 4 rings (SSSR count). The molecular weight excluding hydrogens is 397 g/mol. The van der Waals surface area contributed by atoms with Crippen LogP contribution in [0.1, 0.15) is 17.0 Å². The Morgan fingerprint density at radius 1 is 0.833 bits per heavy atom. The molecule has 0 bridgehead atoms. The lowest BCUT2D eigenvalue weighted by Gasteiger charge is -2.27. The second kappa shape index (κ2) is 7.90. The van der Waals surface area contributed by atoms with Crippen molar-refractivity contribution in [1.82, 2.24) is 5.32 Å². The maximum Gasteiger partial charge on any atom is 0.243 e. The molecule has 8 heteroatoms. The Hall–Kier alpha value is -3.81. The van der Waals surface area contributed by atoms with Crippen molar-refractivity contribution in [3.8, 4) is 11.5 Å². The van der Waals surface area contributed by atoms with Crippen molar-refractivity contribution in [2.45, 2.75) is 5.92 Å². The summed E-state index contributed by atoms with van der Waals surface area (Å²) in [4.78, 5) is 25.0. The average Bonchev–Trinajstić information content (AvgIpc) is 2.76. The molecule has 0 unspecified atom stereocenters. The number of nitrogens with one attached hydrogen (secondary N) is 2. The fraction of sp³-hybridized carbons (Fsp3) is 0.0909. The second-order valence-electron chi connectivity index (χ2n) is 6.60. The number of anilines is 1. The topological polar surface area (TPSA) is 67.4 Å². The van der Waals surface area contributed by atoms with E-state index in [0.717, 1.165) is 6.07 Å². The first-order valence-corrected chi connectivity index (χ1v) is 9.02. The molecular formula is C22H15F3N2O3. The maximum atomic E-state index is 13.7. The Kier molecular flexibility index (Phi) is 5.14. The van der Waals surface area contributed by atoms with E-state index in [4.69, 9.17) is 4.74 Å². The predicted molar refractivity (Wildman–Crippen MR) is 103 cm³/mol. The fourth-order valence-corrected chi connectivity index (χ4v) is 3.28. The number of carbonyl (C=O) groups is 2. The standard InChI is InChI=1S/C22H15F3N2O3/c23-14-9-10-15(21(25)20(14)24)27-18(28)11-26-22(29)19-12-5-1-3-7-16(12)30-17-8-4-2-6-13(17)19/h1-10,19H,11H2,(H,26,29)(H,27,28). The minimum atomic E-state index is -1.69. The first kappa shape index (κ1) is 19.5. The summed E-state index contributed by atoms with van der Waals surface area (Å²) in [6.45, 7) is -0.487. The number of para-hydroxylation sites is 2. The van der Waals surface area contributed by atoms with E-state index in [2.05, 4.69) is 10.6 Å². The van der Waals surface area contributed by atoms with E-state index in [1.165, 1.54) is 0 Å². The largest absolute Gasteiger partial charge is 0.457 e. The van der Waals surface area contributed by atoms with Crippen LogP contribution in [0.5, 0.6) is 11.5 Å². The molecule has 0 fully saturated rings. The summed E-state index contributed by atoms with van der Waals surface area (Å²) < 4.78 is 45.8. The molecule has 0 spiro atoms. The highest BCUT2D eigenvalue weighted by molar-refractivity contribution is 5.97. The Morgan fingerprint density at radius 2 is 1.43 bits per heavy atom. The third kappa shape index (κ3) is 3.59. The zero-order valence-electron chi connectivity index (χ0n) is 15.4. The van der Waals surface area contributed by atoms with Crippen LogP contribution in [0.2, 0.25) is 0 Å². The Morgan fingerprint density at radius 3 is 2.07 bits per heavy atom. The van der Waals surface area contributed by atoms with Crippen molar-refractivity contribution >= 4 is 17.5 Å². The first-order valence-electron chi connectivity index (χ1n) is 9.02. The molecule has 2 amide bonds. The lowest BCUT2D eigenvalue weighted by atomic mass is 9.87. The molecule has 3 aromatic carbocycles. The van der Waals surface area contributed by atoms with Gasteiger partial charge in [0, 0.05) is 11.1 Å². The van der Waals surface area contributed by atoms with Crippen molar-refractivity contribution < 1.29 is 27.5 Å². The van der Waals surface area contributed by atoms with Gasteiger partial charge in [0.1, 0.15) is 11.5 Å². The van der Waals surface area contributed by atoms with Gasteiger partial charge >= 0.3 is 0 Å². The SMILES string of the molecule is O=C(CNC(=O)C1c2ccccc2Oc2ccccc21)Nc1ccc(F)c(F)c1F. The summed E-state index contributed by atoms with van der Waals surface area (Å²) in [7, 11) is 0. The minimum Gasteiger partial charge on any atom is -0.457 e. The number of ether oxygens (including phenoxy) is 1. The molecule has 152 valence electrons. The van der Waals surface area contributed by atoms with Gasteiger partial charge in [-0.1, -0.05) is 36.4 Å². The number of carbonyl (C=O) groups excluding carboxylic acids is 2. The van der Waals surface area contributed by atoms with Crippen molar-refractivity contribution in [1.29, 1.82) is 0 Å². The van der Waals surface area contributed by atoms with Crippen LogP contribution in [0.15, 0.2) is 60.7 Å². The molecule has 0 saturated heterocycles. The van der Waals surface area contributed by atoms with Crippen molar-refractivity contribution in [3.63, 3.8) is 0 Å². The van der Waals surface area contributed by atoms with Gasteiger partial charge in [0.05, 0.1) is 18.2 Å². The number of amides is 2. The number of rotatable bonds is 4. The molecule has 0 aromatic heterocycles. The van der Waals surface area contributed by atoms with E-state index >= 15 is 0 Å². The van der Waals surface area contributed by atoms with Gasteiger partial charge in [0.15, 0.2) is 17.5 Å². The van der Waals surface area contributed by atoms with Crippen molar-refractivity contribution in [2.75, 3.05) is 11.9 Å². The van der Waals surface area contributed by atoms with Gasteiger partial charge in [-0.25, -0.2) is 13.2 Å². The fourth-order valence-electron chi connectivity index (χ4n) is 3.28. The van der Waals surface area contributed by atoms with E-state index in [1.807, 2.05) is 0 Å². The number of fused-ring (bicyclic) bond motifs is 2. The predicted octanol–water partition coefficient (Wildman–Crippen LogP) is 4.10. The summed E-state index contributed by atoms with van der Waals surface area (Å²) in [6.07, 6.45) is 0. The molecule has 0 radical (unpaired) electrons. The lowest BCUT2D eigenvalue weighted by molar-refractivity contribution is -0.124. The highest BCUT2D eigenvalue weighted by atomic mass is 19.2. The molecule has 2 N–H and O–H groups in total. The zero-order chi connectivity index (χ0) is 21.3. The van der Waals surface area contributed by atoms with Gasteiger partial charge in [-0.05, 0) is 24.3 Å². The maximum absolute atomic E-state index is 13.7. The zero-order valence-corrected chi connectivity index (χ0v) is 15.4. The van der Waals surface area contributed by atoms with Crippen LogP contribution in [0.4, 0.5) is 18.9 Å². The highest BCUT2D eigenvalue weighted by Gasteiger charge is 2.32. The van der Waals surface area contributed by atoms with Crippen molar-refractivity contribution in [2.24, 2.45) is 0 Å². The Balaban J connectivity index is 1.50. The Labute approximate surface area is 169 Å². The van der Waals surface area contributed by atoms with Crippen LogP contribution in [0, 0.1) is 17.5 Å². The number of hydrogen-bond acceptors (Lipinski definition) is 3. The summed E-state index contributed by atoms with van der Waals surface area (Å²) in [5, 5.41) is 4.62. The average molecular weight is 412 g/mol. The number of benzene rings is 3. The van der Waals surface area contributed by atoms with E-state index in [0.29, 0.717) is 28.7 Å². The molecule has 3 aromatic rings. The second-order valence-corrected chi connectivity index (χ2v) is 6.60. The molecule has 1 aliphatic heterocycles. The third-order valence-corrected chi connectivity index (χ3v) is 4.67. The van der Waals surface area contributed by atoms with Crippen LogP contribution in [0.25, 0.3) is 0 Å². The summed E-state index contributed by atoms with van der Waals surface area (Å²) in [5.74, 6) is -5.46. The van der Waals surface area contributed by atoms with Gasteiger partial charge in [-0.2, -0.15) is 0 Å². The number of halogens is 3. The first-order chi connectivity index (χ1) is 14.5. The van der Waals surface area contributed by atoms with E-state index in [9.17, 15) is 22.8 Å². The highest BCUT2D eigenvalue weighted by Crippen LogP contribution is 2.43. The van der Waals surface area contributed by atoms with Crippen LogP contribution in [0.3, 0.4) is 0 Å². The van der Waals surface area contributed by atoms with Gasteiger partial charge in [-0.15, -0.1) is 0 Å². The van der Waals surface area contributed by atoms with Gasteiger partial charge in [0.25, 0.3) is 0 Å². The van der Waals surface area contributed by atoms with Crippen LogP contribution in [-0.4, -0.2) is 18.4 Å². The van der Waals surface area contributed by atoms with E-state index in [-0.39, 0.29) is 0 Å². The lowest BCUT2D eigenvalue weighted by Crippen LogP contribution is -2.37. The molecule has 1 heterocycles. The molecule has 30 heavy (non-hydrogen) atoms. The summed E-state index contributed by atoms with van der Waals surface area (Å²) in [5.41, 5.74) is 0.761. The van der Waals surface area contributed by atoms with E-state index in [1.54, 1.807) is 48.5 Å². The minimum absolute atomic E-state index is 0.459. The quantitative estimate of drug-likeness (QED) is 0.635. The van der Waals surface area contributed by atoms with Crippen LogP contribution in [-0.2, 0) is 9.59 Å². The van der Waals surface area contributed by atoms with Crippen molar-refractivity contribution in [3.05, 3.63) is 89.2 Å². The summed E-state index contributed by atoms with van der Waals surface area (Å²) >= 11 is 0. The van der Waals surface area contributed by atoms with Gasteiger partial charge < -0.3 is 15.4 Å². The van der Waals surface area contributed by atoms with Gasteiger partial charge in [-0.3, -0.25) is 9.59 Å². The molecule has 5 nitrogen and oxygen atoms in total. The monoisotopic (exact) mass is 412 g/mol. The molecule has 0 aliphatic carbocycles. The molecule has 0 atom stereocenters. The third-order valence-electron chi connectivity index (χ3n) is 4.67. The molecule has 1 aliphatic rings. The van der Waals surface area contributed by atoms with Crippen LogP contribution < -0.4 is 15.4 Å². The number of hydrogen-bond donors (Lipinski definition) is 2. The smallest absolute Gasteiger partial charge is 0.243 e. The Bertz CT molecular complexity index is 1100.